The molecule has 0 amide bonds. The highest BCUT2D eigenvalue weighted by atomic mass is 16.5. The van der Waals surface area contributed by atoms with E-state index in [1.165, 1.54) is 19.5 Å². The van der Waals surface area contributed by atoms with E-state index < -0.39 is 35.1 Å². The summed E-state index contributed by atoms with van der Waals surface area (Å²) in [5, 5.41) is 41.7. The summed E-state index contributed by atoms with van der Waals surface area (Å²) in [6.45, 7) is 0.496. The van der Waals surface area contributed by atoms with Crippen molar-refractivity contribution in [2.24, 2.45) is 13.0 Å². The summed E-state index contributed by atoms with van der Waals surface area (Å²) in [4.78, 5) is 17.2. The lowest BCUT2D eigenvalue weighted by molar-refractivity contribution is -0.151. The molecule has 0 bridgehead atoms. The molecule has 1 fully saturated rings. The first-order chi connectivity index (χ1) is 16.4. The minimum absolute atomic E-state index is 0.0957. The molecular formula is C24H26N4O6. The quantitative estimate of drug-likeness (QED) is 0.394. The maximum atomic E-state index is 13.1. The molecule has 3 heterocycles. The number of benzene rings is 1. The van der Waals surface area contributed by atoms with Gasteiger partial charge in [0.05, 0.1) is 36.9 Å². The molecule has 1 aliphatic carbocycles. The largest absolute Gasteiger partial charge is 0.495 e. The van der Waals surface area contributed by atoms with E-state index in [0.29, 0.717) is 12.1 Å². The van der Waals surface area contributed by atoms with Crippen LogP contribution in [0, 0.1) is 5.92 Å². The molecule has 1 aromatic carbocycles. The van der Waals surface area contributed by atoms with E-state index >= 15 is 0 Å². The summed E-state index contributed by atoms with van der Waals surface area (Å²) in [6, 6.07) is 10.5. The Morgan fingerprint density at radius 3 is 2.68 bits per heavy atom. The molecule has 10 heteroatoms. The predicted octanol–water partition coefficient (Wildman–Crippen LogP) is 0.575. The number of pyridine rings is 1. The first-order valence-corrected chi connectivity index (χ1v) is 10.9. The van der Waals surface area contributed by atoms with Crippen molar-refractivity contribution in [2.75, 3.05) is 13.7 Å². The normalized spacial score (nSPS) is 29.4. The molecule has 0 saturated heterocycles. The molecule has 1 unspecified atom stereocenters. The topological polar surface area (TPSA) is 139 Å². The highest BCUT2D eigenvalue weighted by Gasteiger charge is 2.76. The molecule has 1 aliphatic heterocycles. The van der Waals surface area contributed by atoms with Gasteiger partial charge in [0.15, 0.2) is 11.7 Å². The van der Waals surface area contributed by atoms with Gasteiger partial charge in [0.25, 0.3) is 0 Å². The number of aliphatic carboxylic acids is 1. The monoisotopic (exact) mass is 466 g/mol. The zero-order chi connectivity index (χ0) is 24.1. The molecule has 2 aliphatic rings. The number of methoxy groups -OCH3 is 1. The average Bonchev–Trinajstić information content (AvgIpc) is 3.44. The molecule has 5 rings (SSSR count). The smallest absolute Gasteiger partial charge is 0.318 e. The molecule has 1 saturated carbocycles. The van der Waals surface area contributed by atoms with Crippen molar-refractivity contribution in [1.82, 2.24) is 20.1 Å². The van der Waals surface area contributed by atoms with E-state index in [2.05, 4.69) is 15.4 Å². The van der Waals surface area contributed by atoms with Crippen molar-refractivity contribution in [3.8, 4) is 11.5 Å². The van der Waals surface area contributed by atoms with Crippen LogP contribution in [0.5, 0.6) is 11.5 Å². The number of fused-ring (bicyclic) bond motifs is 3. The Balaban J connectivity index is 1.63. The molecule has 34 heavy (non-hydrogen) atoms. The van der Waals surface area contributed by atoms with Crippen molar-refractivity contribution in [1.29, 1.82) is 0 Å². The maximum Gasteiger partial charge on any atom is 0.318 e. The summed E-state index contributed by atoms with van der Waals surface area (Å²) in [7, 11) is 3.23. The first kappa shape index (κ1) is 22.3. The van der Waals surface area contributed by atoms with Gasteiger partial charge in [-0.3, -0.25) is 14.5 Å². The van der Waals surface area contributed by atoms with E-state index in [1.54, 1.807) is 41.2 Å². The van der Waals surface area contributed by atoms with Crippen molar-refractivity contribution in [3.05, 3.63) is 71.8 Å². The highest BCUT2D eigenvalue weighted by molar-refractivity contribution is 5.85. The fourth-order valence-corrected chi connectivity index (χ4v) is 5.58. The molecule has 0 spiro atoms. The van der Waals surface area contributed by atoms with E-state index in [9.17, 15) is 20.1 Å². The van der Waals surface area contributed by atoms with Gasteiger partial charge in [0.2, 0.25) is 0 Å². The zero-order valence-electron chi connectivity index (χ0n) is 18.8. The van der Waals surface area contributed by atoms with E-state index in [-0.39, 0.29) is 23.6 Å². The second-order valence-electron chi connectivity index (χ2n) is 8.71. The fourth-order valence-electron chi connectivity index (χ4n) is 5.58. The van der Waals surface area contributed by atoms with E-state index in [0.717, 1.165) is 5.69 Å². The lowest BCUT2D eigenvalue weighted by atomic mass is 9.70. The third kappa shape index (κ3) is 2.89. The maximum absolute atomic E-state index is 13.1. The Hall–Kier alpha value is -3.47. The van der Waals surface area contributed by atoms with Crippen LogP contribution in [0.3, 0.4) is 0 Å². The molecule has 0 radical (unpaired) electrons. The number of carbonyl (C=O) groups is 1. The van der Waals surface area contributed by atoms with Gasteiger partial charge in [-0.05, 0) is 11.6 Å². The molecule has 10 nitrogen and oxygen atoms in total. The van der Waals surface area contributed by atoms with Gasteiger partial charge in [0, 0.05) is 32.3 Å². The fraction of sp³-hybridized carbons (Fsp3) is 0.375. The molecule has 4 N–H and O–H groups in total. The second-order valence-corrected chi connectivity index (χ2v) is 8.71. The van der Waals surface area contributed by atoms with Gasteiger partial charge in [-0.1, -0.05) is 30.3 Å². The van der Waals surface area contributed by atoms with Crippen molar-refractivity contribution in [3.63, 3.8) is 0 Å². The van der Waals surface area contributed by atoms with Gasteiger partial charge < -0.3 is 30.1 Å². The van der Waals surface area contributed by atoms with Gasteiger partial charge in [-0.2, -0.15) is 5.10 Å². The standard InChI is InChI=1S/C24H26N4O6/c1-28-15(8-9-27-28)10-25-11-16-20(29)24(32)19-17(33-2)12-26-13-18(19)34-21(24)23(16,22(30)31)14-6-4-3-5-7-14/h3-9,12-13,16,20-21,25,29,32H,10-11H2,1-2H3,(H,30,31)/t16-,20+,21+,23?,24-/m0/s1. The Bertz CT molecular complexity index is 1220. The third-order valence-corrected chi connectivity index (χ3v) is 7.17. The highest BCUT2D eigenvalue weighted by Crippen LogP contribution is 2.62. The Labute approximate surface area is 195 Å². The number of hydrogen-bond acceptors (Lipinski definition) is 8. The molecule has 2 aromatic heterocycles. The van der Waals surface area contributed by atoms with Gasteiger partial charge in [-0.25, -0.2) is 0 Å². The van der Waals surface area contributed by atoms with Crippen LogP contribution in [0.1, 0.15) is 16.8 Å². The summed E-state index contributed by atoms with van der Waals surface area (Å²) in [5.41, 5.74) is -2.27. The van der Waals surface area contributed by atoms with Crippen LogP contribution in [0.2, 0.25) is 0 Å². The average molecular weight is 466 g/mol. The zero-order valence-corrected chi connectivity index (χ0v) is 18.8. The van der Waals surface area contributed by atoms with Crippen LogP contribution in [-0.4, -0.2) is 61.9 Å². The summed E-state index contributed by atoms with van der Waals surface area (Å²) >= 11 is 0. The number of nitrogens with zero attached hydrogens (tertiary/aromatic N) is 3. The lowest BCUT2D eigenvalue weighted by Gasteiger charge is -2.36. The number of aryl methyl sites for hydroxylation is 1. The number of aliphatic hydroxyl groups excluding tert-OH is 1. The van der Waals surface area contributed by atoms with E-state index in [4.69, 9.17) is 9.47 Å². The van der Waals surface area contributed by atoms with Crippen molar-refractivity contribution in [2.45, 2.75) is 29.8 Å². The van der Waals surface area contributed by atoms with Crippen LogP contribution in [0.4, 0.5) is 0 Å². The van der Waals surface area contributed by atoms with Crippen LogP contribution in [0.15, 0.2) is 55.0 Å². The van der Waals surface area contributed by atoms with Crippen LogP contribution in [0.25, 0.3) is 0 Å². The number of ether oxygens (including phenoxy) is 2. The van der Waals surface area contributed by atoms with Crippen molar-refractivity contribution < 1.29 is 29.6 Å². The second kappa shape index (κ2) is 8.08. The van der Waals surface area contributed by atoms with Crippen molar-refractivity contribution >= 4 is 5.97 Å². The number of carboxylic acids is 1. The Kier molecular flexibility index (Phi) is 5.31. The predicted molar refractivity (Wildman–Crippen MR) is 119 cm³/mol. The number of carboxylic acid groups (broad SMARTS) is 1. The van der Waals surface area contributed by atoms with Crippen LogP contribution in [-0.2, 0) is 29.4 Å². The number of rotatable bonds is 7. The Morgan fingerprint density at radius 1 is 1.26 bits per heavy atom. The lowest BCUT2D eigenvalue weighted by Crippen LogP contribution is -2.54. The van der Waals surface area contributed by atoms with E-state index in [1.807, 2.05) is 13.1 Å². The number of hydrogen-bond donors (Lipinski definition) is 4. The summed E-state index contributed by atoms with van der Waals surface area (Å²) in [6.07, 6.45) is 1.69. The molecule has 3 aromatic rings. The minimum Gasteiger partial charge on any atom is -0.495 e. The molecule has 5 atom stereocenters. The van der Waals surface area contributed by atoms with Gasteiger partial charge >= 0.3 is 5.97 Å². The summed E-state index contributed by atoms with van der Waals surface area (Å²) in [5.74, 6) is -1.74. The number of nitrogens with one attached hydrogen (secondary N) is 1. The number of aliphatic hydroxyl groups is 2. The van der Waals surface area contributed by atoms with Crippen LogP contribution >= 0.6 is 0 Å². The van der Waals surface area contributed by atoms with Gasteiger partial charge in [0.1, 0.15) is 16.9 Å². The molecule has 178 valence electrons. The third-order valence-electron chi connectivity index (χ3n) is 7.17. The van der Waals surface area contributed by atoms with Crippen LogP contribution < -0.4 is 14.8 Å². The number of aromatic nitrogens is 3. The summed E-state index contributed by atoms with van der Waals surface area (Å²) < 4.78 is 13.2. The minimum atomic E-state index is -2.03. The molecular weight excluding hydrogens is 440 g/mol. The Morgan fingerprint density at radius 2 is 2.03 bits per heavy atom. The van der Waals surface area contributed by atoms with Gasteiger partial charge in [-0.15, -0.1) is 0 Å². The SMILES string of the molecule is COc1cncc2c1[C@]1(O)[C@H](O)[C@H](CNCc3ccnn3C)C(C(=O)O)(c3ccccc3)[C@H]1O2. The first-order valence-electron chi connectivity index (χ1n) is 10.9.